The Labute approximate surface area is 96.1 Å². The van der Waals surface area contributed by atoms with Crippen molar-refractivity contribution in [3.05, 3.63) is 35.1 Å². The van der Waals surface area contributed by atoms with E-state index < -0.39 is 0 Å². The molecule has 1 aromatic carbocycles. The number of hydrogen-bond donors (Lipinski definition) is 1. The van der Waals surface area contributed by atoms with Crippen LogP contribution in [0.3, 0.4) is 0 Å². The van der Waals surface area contributed by atoms with Gasteiger partial charge in [0, 0.05) is 6.54 Å². The summed E-state index contributed by atoms with van der Waals surface area (Å²) in [5.41, 5.74) is 3.47. The average Bonchev–Trinajstić information content (AvgIpc) is 2.10. The molecule has 3 fully saturated rings. The molecule has 0 aliphatic heterocycles. The lowest BCUT2D eigenvalue weighted by Crippen LogP contribution is -2.67. The van der Waals surface area contributed by atoms with Crippen molar-refractivity contribution in [1.82, 2.24) is 5.32 Å². The van der Waals surface area contributed by atoms with Gasteiger partial charge in [-0.1, -0.05) is 6.07 Å². The Bertz CT molecular complexity index is 419. The van der Waals surface area contributed by atoms with Crippen LogP contribution < -0.4 is 5.32 Å². The van der Waals surface area contributed by atoms with Crippen LogP contribution in [0.1, 0.15) is 30.4 Å². The lowest BCUT2D eigenvalue weighted by Gasteiger charge is -2.71. The molecule has 4 rings (SSSR count). The zero-order valence-corrected chi connectivity index (χ0v) is 9.94. The minimum Gasteiger partial charge on any atom is -0.319 e. The summed E-state index contributed by atoms with van der Waals surface area (Å²) in [6.07, 6.45) is 3.86. The monoisotopic (exact) mass is 219 g/mol. The summed E-state index contributed by atoms with van der Waals surface area (Å²) in [4.78, 5) is 0. The Kier molecular flexibility index (Phi) is 1.97. The fraction of sp³-hybridized carbons (Fsp3) is 0.571. The van der Waals surface area contributed by atoms with Crippen LogP contribution in [0.4, 0.5) is 4.39 Å². The third-order valence-corrected chi connectivity index (χ3v) is 4.45. The summed E-state index contributed by atoms with van der Waals surface area (Å²) in [6, 6.07) is 5.26. The van der Waals surface area contributed by atoms with Gasteiger partial charge < -0.3 is 5.32 Å². The second kappa shape index (κ2) is 3.07. The number of hydrogen-bond acceptors (Lipinski definition) is 1. The van der Waals surface area contributed by atoms with E-state index in [1.807, 2.05) is 20.0 Å². The molecular formula is C14H18FN. The second-order valence-corrected chi connectivity index (χ2v) is 5.80. The maximum absolute atomic E-state index is 13.1. The molecule has 2 heteroatoms. The van der Waals surface area contributed by atoms with Gasteiger partial charge in [-0.2, -0.15) is 0 Å². The van der Waals surface area contributed by atoms with Crippen LogP contribution in [0, 0.1) is 18.2 Å². The van der Waals surface area contributed by atoms with E-state index in [4.69, 9.17) is 0 Å². The van der Waals surface area contributed by atoms with Crippen molar-refractivity contribution in [2.75, 3.05) is 13.6 Å². The molecular weight excluding hydrogens is 201 g/mol. The molecule has 0 amide bonds. The molecule has 3 aliphatic carbocycles. The topological polar surface area (TPSA) is 12.0 Å². The lowest BCUT2D eigenvalue weighted by molar-refractivity contribution is -0.137. The first-order valence-electron chi connectivity index (χ1n) is 6.01. The van der Waals surface area contributed by atoms with Gasteiger partial charge in [0.05, 0.1) is 0 Å². The van der Waals surface area contributed by atoms with Gasteiger partial charge in [-0.3, -0.25) is 0 Å². The highest BCUT2D eigenvalue weighted by Gasteiger charge is 2.67. The van der Waals surface area contributed by atoms with Gasteiger partial charge in [-0.05, 0) is 67.3 Å². The molecule has 0 aromatic heterocycles. The van der Waals surface area contributed by atoms with Crippen molar-refractivity contribution in [3.8, 4) is 0 Å². The van der Waals surface area contributed by atoms with Crippen molar-refractivity contribution in [1.29, 1.82) is 0 Å². The predicted molar refractivity (Wildman–Crippen MR) is 63.0 cm³/mol. The minimum atomic E-state index is -0.113. The van der Waals surface area contributed by atoms with Crippen LogP contribution in [0.15, 0.2) is 18.2 Å². The fourth-order valence-electron chi connectivity index (χ4n) is 4.07. The second-order valence-electron chi connectivity index (χ2n) is 5.80. The van der Waals surface area contributed by atoms with Gasteiger partial charge in [-0.25, -0.2) is 4.39 Å². The van der Waals surface area contributed by atoms with E-state index in [1.165, 1.54) is 24.8 Å². The van der Waals surface area contributed by atoms with Gasteiger partial charge in [0.1, 0.15) is 5.82 Å². The summed E-state index contributed by atoms with van der Waals surface area (Å²) in [5, 5.41) is 3.28. The average molecular weight is 219 g/mol. The third-order valence-electron chi connectivity index (χ3n) is 4.45. The highest BCUT2D eigenvalue weighted by Crippen LogP contribution is 2.73. The summed E-state index contributed by atoms with van der Waals surface area (Å²) in [6.45, 7) is 3.17. The molecule has 2 bridgehead atoms. The molecule has 16 heavy (non-hydrogen) atoms. The molecule has 1 aromatic rings. The van der Waals surface area contributed by atoms with Crippen molar-refractivity contribution < 1.29 is 4.39 Å². The molecule has 0 atom stereocenters. The van der Waals surface area contributed by atoms with Gasteiger partial charge in [0.2, 0.25) is 0 Å². The van der Waals surface area contributed by atoms with Crippen molar-refractivity contribution in [2.24, 2.45) is 5.41 Å². The molecule has 1 nitrogen and oxygen atoms in total. The molecule has 86 valence electrons. The Hall–Kier alpha value is -0.890. The first-order valence-corrected chi connectivity index (χ1v) is 6.01. The Morgan fingerprint density at radius 3 is 2.56 bits per heavy atom. The standard InChI is InChI=1S/C14H18FN/c1-10-5-11(15)3-4-12(10)14-6-13(7-14,8-14)9-16-2/h3-5,16H,6-9H2,1-2H3. The molecule has 3 saturated carbocycles. The van der Waals surface area contributed by atoms with Crippen molar-refractivity contribution >= 4 is 0 Å². The first kappa shape index (κ1) is 10.3. The molecule has 0 saturated heterocycles. The van der Waals surface area contributed by atoms with Gasteiger partial charge in [-0.15, -0.1) is 0 Å². The number of halogens is 1. The maximum atomic E-state index is 13.1. The summed E-state index contributed by atoms with van der Waals surface area (Å²) in [7, 11) is 2.02. The number of nitrogens with one attached hydrogen (secondary N) is 1. The van der Waals surface area contributed by atoms with Crippen molar-refractivity contribution in [3.63, 3.8) is 0 Å². The van der Waals surface area contributed by atoms with E-state index in [0.29, 0.717) is 10.8 Å². The normalized spacial score (nSPS) is 35.4. The lowest BCUT2D eigenvalue weighted by atomic mass is 9.33. The van der Waals surface area contributed by atoms with Crippen LogP contribution in [0.25, 0.3) is 0 Å². The predicted octanol–water partition coefficient (Wildman–Crippen LogP) is 2.78. The van der Waals surface area contributed by atoms with Crippen LogP contribution in [0.5, 0.6) is 0 Å². The van der Waals surface area contributed by atoms with Crippen LogP contribution >= 0.6 is 0 Å². The Balaban J connectivity index is 1.82. The van der Waals surface area contributed by atoms with E-state index in [2.05, 4.69) is 5.32 Å². The van der Waals surface area contributed by atoms with Gasteiger partial charge in [0.15, 0.2) is 0 Å². The van der Waals surface area contributed by atoms with Gasteiger partial charge in [0.25, 0.3) is 0 Å². The highest BCUT2D eigenvalue weighted by atomic mass is 19.1. The van der Waals surface area contributed by atoms with E-state index in [0.717, 1.165) is 12.1 Å². The van der Waals surface area contributed by atoms with E-state index in [9.17, 15) is 4.39 Å². The maximum Gasteiger partial charge on any atom is 0.123 e. The highest BCUT2D eigenvalue weighted by molar-refractivity contribution is 5.43. The molecule has 1 N–H and O–H groups in total. The van der Waals surface area contributed by atoms with E-state index in [-0.39, 0.29) is 5.82 Å². The fourth-order valence-corrected chi connectivity index (χ4v) is 4.07. The number of rotatable bonds is 3. The Morgan fingerprint density at radius 1 is 1.31 bits per heavy atom. The minimum absolute atomic E-state index is 0.113. The summed E-state index contributed by atoms with van der Waals surface area (Å²) >= 11 is 0. The smallest absolute Gasteiger partial charge is 0.123 e. The van der Waals surface area contributed by atoms with Crippen LogP contribution in [-0.2, 0) is 5.41 Å². The quantitative estimate of drug-likeness (QED) is 0.824. The van der Waals surface area contributed by atoms with E-state index in [1.54, 1.807) is 12.1 Å². The molecule has 0 unspecified atom stereocenters. The number of aryl methyl sites for hydroxylation is 1. The molecule has 0 spiro atoms. The Morgan fingerprint density at radius 2 is 2.00 bits per heavy atom. The molecule has 3 aliphatic rings. The number of benzene rings is 1. The largest absolute Gasteiger partial charge is 0.319 e. The van der Waals surface area contributed by atoms with Crippen LogP contribution in [-0.4, -0.2) is 13.6 Å². The zero-order chi connectivity index (χ0) is 11.4. The summed E-state index contributed by atoms with van der Waals surface area (Å²) in [5.74, 6) is -0.113. The van der Waals surface area contributed by atoms with Crippen molar-refractivity contribution in [2.45, 2.75) is 31.6 Å². The van der Waals surface area contributed by atoms with E-state index >= 15 is 0 Å². The van der Waals surface area contributed by atoms with Crippen LogP contribution in [0.2, 0.25) is 0 Å². The first-order chi connectivity index (χ1) is 7.59. The molecule has 0 heterocycles. The van der Waals surface area contributed by atoms with Gasteiger partial charge >= 0.3 is 0 Å². The molecule has 0 radical (unpaired) electrons. The summed E-state index contributed by atoms with van der Waals surface area (Å²) < 4.78 is 13.1. The zero-order valence-electron chi connectivity index (χ0n) is 9.94. The SMILES string of the molecule is CNCC12CC(c3ccc(F)cc3C)(C1)C2. The third kappa shape index (κ3) is 1.20.